The smallest absolute Gasteiger partial charge is 0.0413 e. The monoisotopic (exact) mass is 323 g/mol. The van der Waals surface area contributed by atoms with Crippen molar-refractivity contribution in [3.63, 3.8) is 0 Å². The lowest BCUT2D eigenvalue weighted by Gasteiger charge is -2.14. The molecule has 1 aromatic carbocycles. The summed E-state index contributed by atoms with van der Waals surface area (Å²) in [6, 6.07) is 12.6. The van der Waals surface area contributed by atoms with Gasteiger partial charge in [0.25, 0.3) is 0 Å². The largest absolute Gasteiger partial charge is 0.260 e. The molecule has 0 saturated heterocycles. The Bertz CT molecular complexity index is 493. The fourth-order valence-electron chi connectivity index (χ4n) is 1.88. The van der Waals surface area contributed by atoms with Gasteiger partial charge >= 0.3 is 0 Å². The van der Waals surface area contributed by atoms with Crippen molar-refractivity contribution in [1.29, 1.82) is 0 Å². The number of aromatic nitrogens is 1. The molecule has 1 aromatic heterocycles. The van der Waals surface area contributed by atoms with Crippen LogP contribution in [0.5, 0.6) is 0 Å². The van der Waals surface area contributed by atoms with Gasteiger partial charge in [0.2, 0.25) is 0 Å². The molecule has 2 aromatic rings. The van der Waals surface area contributed by atoms with Crippen molar-refractivity contribution in [3.05, 3.63) is 63.9 Å². The number of hydrogen-bond donors (Lipinski definition) is 0. The number of nitrogens with zero attached hydrogens (tertiary/aromatic N) is 1. The molecule has 0 aliphatic rings. The van der Waals surface area contributed by atoms with Gasteiger partial charge in [0, 0.05) is 28.2 Å². The number of pyridine rings is 1. The van der Waals surface area contributed by atoms with Crippen LogP contribution in [0.2, 0.25) is 0 Å². The SMILES string of the molecule is Cc1ccc(C(CCl)Cc2ccc(Br)cn2)cc1. The summed E-state index contributed by atoms with van der Waals surface area (Å²) in [7, 11) is 0. The van der Waals surface area contributed by atoms with Crippen molar-refractivity contribution in [1.82, 2.24) is 4.98 Å². The van der Waals surface area contributed by atoms with Crippen molar-refractivity contribution >= 4 is 27.5 Å². The second-order valence-corrected chi connectivity index (χ2v) is 5.66. The predicted molar refractivity (Wildman–Crippen MR) is 80.3 cm³/mol. The third-order valence-electron chi connectivity index (χ3n) is 2.98. The van der Waals surface area contributed by atoms with Gasteiger partial charge in [0.15, 0.2) is 0 Å². The zero-order chi connectivity index (χ0) is 13.0. The second-order valence-electron chi connectivity index (χ2n) is 4.43. The number of benzene rings is 1. The Balaban J connectivity index is 2.14. The Kier molecular flexibility index (Phi) is 4.79. The normalized spacial score (nSPS) is 12.4. The highest BCUT2D eigenvalue weighted by Crippen LogP contribution is 2.22. The summed E-state index contributed by atoms with van der Waals surface area (Å²) in [5.41, 5.74) is 3.62. The molecule has 0 aliphatic carbocycles. The Morgan fingerprint density at radius 2 is 1.89 bits per heavy atom. The first-order chi connectivity index (χ1) is 8.69. The van der Waals surface area contributed by atoms with E-state index in [9.17, 15) is 0 Å². The van der Waals surface area contributed by atoms with E-state index < -0.39 is 0 Å². The number of hydrogen-bond acceptors (Lipinski definition) is 1. The van der Waals surface area contributed by atoms with E-state index in [1.165, 1.54) is 11.1 Å². The van der Waals surface area contributed by atoms with Gasteiger partial charge in [0.05, 0.1) is 0 Å². The molecule has 1 unspecified atom stereocenters. The number of alkyl halides is 1. The number of rotatable bonds is 4. The fourth-order valence-corrected chi connectivity index (χ4v) is 2.40. The maximum absolute atomic E-state index is 6.09. The number of aryl methyl sites for hydroxylation is 1. The highest BCUT2D eigenvalue weighted by atomic mass is 79.9. The van der Waals surface area contributed by atoms with Crippen molar-refractivity contribution in [2.45, 2.75) is 19.3 Å². The summed E-state index contributed by atoms with van der Waals surface area (Å²) in [6.45, 7) is 2.09. The van der Waals surface area contributed by atoms with Crippen LogP contribution in [0.4, 0.5) is 0 Å². The number of halogens is 2. The highest BCUT2D eigenvalue weighted by Gasteiger charge is 2.11. The lowest BCUT2D eigenvalue weighted by Crippen LogP contribution is -2.06. The van der Waals surface area contributed by atoms with Crippen molar-refractivity contribution in [3.8, 4) is 0 Å². The lowest BCUT2D eigenvalue weighted by atomic mass is 9.95. The summed E-state index contributed by atoms with van der Waals surface area (Å²) in [5.74, 6) is 0.932. The minimum absolute atomic E-state index is 0.320. The van der Waals surface area contributed by atoms with E-state index in [0.717, 1.165) is 16.6 Å². The minimum atomic E-state index is 0.320. The zero-order valence-electron chi connectivity index (χ0n) is 10.2. The quantitative estimate of drug-likeness (QED) is 0.742. The maximum atomic E-state index is 6.09. The second kappa shape index (κ2) is 6.35. The topological polar surface area (TPSA) is 12.9 Å². The first-order valence-corrected chi connectivity index (χ1v) is 7.25. The van der Waals surface area contributed by atoms with Crippen LogP contribution in [0.1, 0.15) is 22.7 Å². The zero-order valence-corrected chi connectivity index (χ0v) is 12.6. The van der Waals surface area contributed by atoms with Gasteiger partial charge in [-0.15, -0.1) is 11.6 Å². The van der Waals surface area contributed by atoms with Gasteiger partial charge in [-0.1, -0.05) is 29.8 Å². The van der Waals surface area contributed by atoms with E-state index in [0.29, 0.717) is 11.8 Å². The van der Waals surface area contributed by atoms with E-state index in [1.807, 2.05) is 18.3 Å². The van der Waals surface area contributed by atoms with E-state index >= 15 is 0 Å². The molecule has 0 saturated carbocycles. The molecule has 0 N–H and O–H groups in total. The maximum Gasteiger partial charge on any atom is 0.0413 e. The van der Waals surface area contributed by atoms with Crippen molar-refractivity contribution in [2.24, 2.45) is 0 Å². The molecular formula is C15H15BrClN. The molecule has 18 heavy (non-hydrogen) atoms. The molecule has 0 spiro atoms. The van der Waals surface area contributed by atoms with Crippen molar-refractivity contribution < 1.29 is 0 Å². The Labute approximate surface area is 121 Å². The third kappa shape index (κ3) is 3.56. The first-order valence-electron chi connectivity index (χ1n) is 5.92. The summed E-state index contributed by atoms with van der Waals surface area (Å²) in [6.07, 6.45) is 2.70. The van der Waals surface area contributed by atoms with Gasteiger partial charge < -0.3 is 0 Å². The Morgan fingerprint density at radius 3 is 2.44 bits per heavy atom. The first kappa shape index (κ1) is 13.6. The summed E-state index contributed by atoms with van der Waals surface area (Å²) in [4.78, 5) is 4.40. The van der Waals surface area contributed by atoms with Crippen LogP contribution in [0.25, 0.3) is 0 Å². The Morgan fingerprint density at radius 1 is 1.17 bits per heavy atom. The fraction of sp³-hybridized carbons (Fsp3) is 0.267. The highest BCUT2D eigenvalue weighted by molar-refractivity contribution is 9.10. The van der Waals surface area contributed by atoms with Gasteiger partial charge in [0.1, 0.15) is 0 Å². The van der Waals surface area contributed by atoms with E-state index in [2.05, 4.69) is 52.1 Å². The molecule has 3 heteroatoms. The molecule has 0 aliphatic heterocycles. The molecule has 1 nitrogen and oxygen atoms in total. The van der Waals surface area contributed by atoms with Crippen LogP contribution in [0.3, 0.4) is 0 Å². The molecule has 1 atom stereocenters. The molecule has 2 rings (SSSR count). The van der Waals surface area contributed by atoms with E-state index in [1.54, 1.807) is 0 Å². The van der Waals surface area contributed by atoms with Crippen LogP contribution >= 0.6 is 27.5 Å². The van der Waals surface area contributed by atoms with Gasteiger partial charge in [-0.05, 0) is 47.0 Å². The minimum Gasteiger partial charge on any atom is -0.260 e. The lowest BCUT2D eigenvalue weighted by molar-refractivity contribution is 0.747. The molecule has 0 fully saturated rings. The standard InChI is InChI=1S/C15H15BrClN/c1-11-2-4-12(5-3-11)13(9-17)8-15-7-6-14(16)10-18-15/h2-7,10,13H,8-9H2,1H3. The summed E-state index contributed by atoms with van der Waals surface area (Å²) >= 11 is 9.48. The molecule has 94 valence electrons. The van der Waals surface area contributed by atoms with Crippen molar-refractivity contribution in [2.75, 3.05) is 5.88 Å². The molecular weight excluding hydrogens is 310 g/mol. The van der Waals surface area contributed by atoms with E-state index in [-0.39, 0.29) is 0 Å². The van der Waals surface area contributed by atoms with Gasteiger partial charge in [-0.2, -0.15) is 0 Å². The summed E-state index contributed by atoms with van der Waals surface area (Å²) < 4.78 is 1.00. The summed E-state index contributed by atoms with van der Waals surface area (Å²) in [5, 5.41) is 0. The van der Waals surface area contributed by atoms with Crippen LogP contribution in [0, 0.1) is 6.92 Å². The van der Waals surface area contributed by atoms with Crippen LogP contribution < -0.4 is 0 Å². The van der Waals surface area contributed by atoms with E-state index in [4.69, 9.17) is 11.6 Å². The van der Waals surface area contributed by atoms with Crippen LogP contribution in [-0.4, -0.2) is 10.9 Å². The van der Waals surface area contributed by atoms with Gasteiger partial charge in [-0.3, -0.25) is 4.98 Å². The molecule has 0 amide bonds. The third-order valence-corrected chi connectivity index (χ3v) is 3.82. The average molecular weight is 325 g/mol. The van der Waals surface area contributed by atoms with Crippen LogP contribution in [-0.2, 0) is 6.42 Å². The predicted octanol–water partition coefficient (Wildman–Crippen LogP) is 4.72. The molecule has 1 heterocycles. The Hall–Kier alpha value is -0.860. The molecule has 0 radical (unpaired) electrons. The van der Waals surface area contributed by atoms with Crippen LogP contribution in [0.15, 0.2) is 47.1 Å². The molecule has 0 bridgehead atoms. The average Bonchev–Trinajstić information content (AvgIpc) is 2.39. The van der Waals surface area contributed by atoms with Gasteiger partial charge in [-0.25, -0.2) is 0 Å².